The molecule has 1 aromatic carbocycles. The summed E-state index contributed by atoms with van der Waals surface area (Å²) in [6, 6.07) is 9.07. The molecule has 0 aliphatic heterocycles. The topological polar surface area (TPSA) is 54.0 Å². The summed E-state index contributed by atoms with van der Waals surface area (Å²) in [4.78, 5) is 15.7. The number of carbonyl (C=O) groups is 1. The lowest BCUT2D eigenvalue weighted by atomic mass is 10.0. The Bertz CT molecular complexity index is 596. The smallest absolute Gasteiger partial charge is 0.308 e. The van der Waals surface area contributed by atoms with Crippen LogP contribution in [0.1, 0.15) is 25.3 Å². The number of halogens is 1. The summed E-state index contributed by atoms with van der Waals surface area (Å²) in [5.74, 6) is 0.468. The molecule has 4 nitrogen and oxygen atoms in total. The molecule has 0 bridgehead atoms. The standard InChI is InChI=1S/C15H16ClN3O/c1-10(2)11-3-5-13(6-4-11)18-15(20)19-14-7-12(16)8-17-9-14/h3-10H,1-2H3,(H2,18,19,20). The average molecular weight is 290 g/mol. The predicted molar refractivity (Wildman–Crippen MR) is 82.4 cm³/mol. The van der Waals surface area contributed by atoms with Gasteiger partial charge in [0.05, 0.1) is 16.9 Å². The zero-order valence-electron chi connectivity index (χ0n) is 11.4. The first-order valence-corrected chi connectivity index (χ1v) is 6.71. The largest absolute Gasteiger partial charge is 0.323 e. The molecule has 0 unspecified atom stereocenters. The number of hydrogen-bond acceptors (Lipinski definition) is 2. The SMILES string of the molecule is CC(C)c1ccc(NC(=O)Nc2cncc(Cl)c2)cc1. The molecular weight excluding hydrogens is 274 g/mol. The minimum Gasteiger partial charge on any atom is -0.308 e. The summed E-state index contributed by atoms with van der Waals surface area (Å²) in [6.45, 7) is 4.25. The molecule has 5 heteroatoms. The van der Waals surface area contributed by atoms with Crippen molar-refractivity contribution in [3.05, 3.63) is 53.3 Å². The maximum Gasteiger partial charge on any atom is 0.323 e. The van der Waals surface area contributed by atoms with Crippen LogP contribution in [0.15, 0.2) is 42.7 Å². The Morgan fingerprint density at radius 2 is 1.75 bits per heavy atom. The van der Waals surface area contributed by atoms with E-state index in [-0.39, 0.29) is 6.03 Å². The average Bonchev–Trinajstić information content (AvgIpc) is 2.39. The Labute approximate surface area is 123 Å². The van der Waals surface area contributed by atoms with E-state index in [1.54, 1.807) is 6.07 Å². The van der Waals surface area contributed by atoms with E-state index in [1.807, 2.05) is 24.3 Å². The lowest BCUT2D eigenvalue weighted by Gasteiger charge is -2.09. The molecule has 0 saturated carbocycles. The van der Waals surface area contributed by atoms with Crippen LogP contribution in [-0.4, -0.2) is 11.0 Å². The number of pyridine rings is 1. The molecule has 1 aromatic heterocycles. The van der Waals surface area contributed by atoms with Crippen molar-refractivity contribution in [1.29, 1.82) is 0 Å². The summed E-state index contributed by atoms with van der Waals surface area (Å²) in [5.41, 5.74) is 2.52. The molecule has 2 amide bonds. The van der Waals surface area contributed by atoms with Crippen molar-refractivity contribution < 1.29 is 4.79 Å². The number of benzene rings is 1. The van der Waals surface area contributed by atoms with Gasteiger partial charge in [0.1, 0.15) is 0 Å². The number of rotatable bonds is 3. The van der Waals surface area contributed by atoms with Gasteiger partial charge in [0.15, 0.2) is 0 Å². The lowest BCUT2D eigenvalue weighted by Crippen LogP contribution is -2.19. The van der Waals surface area contributed by atoms with E-state index in [0.717, 1.165) is 5.69 Å². The third-order valence-corrected chi connectivity index (χ3v) is 3.00. The highest BCUT2D eigenvalue weighted by Gasteiger charge is 2.04. The number of carbonyl (C=O) groups excluding carboxylic acids is 1. The number of amides is 2. The Kier molecular flexibility index (Phi) is 4.58. The number of hydrogen-bond donors (Lipinski definition) is 2. The van der Waals surface area contributed by atoms with Gasteiger partial charge in [-0.1, -0.05) is 37.6 Å². The lowest BCUT2D eigenvalue weighted by molar-refractivity contribution is 0.262. The van der Waals surface area contributed by atoms with Crippen molar-refractivity contribution in [2.45, 2.75) is 19.8 Å². The molecule has 0 radical (unpaired) electrons. The number of urea groups is 1. The van der Waals surface area contributed by atoms with Crippen molar-refractivity contribution in [1.82, 2.24) is 4.98 Å². The van der Waals surface area contributed by atoms with Crippen LogP contribution in [0.4, 0.5) is 16.2 Å². The highest BCUT2D eigenvalue weighted by Crippen LogP contribution is 2.18. The molecule has 2 N–H and O–H groups in total. The van der Waals surface area contributed by atoms with Crippen molar-refractivity contribution >= 4 is 29.0 Å². The van der Waals surface area contributed by atoms with E-state index in [4.69, 9.17) is 11.6 Å². The number of anilines is 2. The van der Waals surface area contributed by atoms with Crippen LogP contribution in [0, 0.1) is 0 Å². The Hall–Kier alpha value is -2.07. The molecule has 0 saturated heterocycles. The second-order valence-electron chi connectivity index (χ2n) is 4.75. The van der Waals surface area contributed by atoms with Crippen molar-refractivity contribution in [2.75, 3.05) is 10.6 Å². The zero-order chi connectivity index (χ0) is 14.5. The van der Waals surface area contributed by atoms with Crippen LogP contribution in [0.25, 0.3) is 0 Å². The third-order valence-electron chi connectivity index (χ3n) is 2.80. The van der Waals surface area contributed by atoms with Gasteiger partial charge in [-0.2, -0.15) is 0 Å². The van der Waals surface area contributed by atoms with Gasteiger partial charge in [-0.3, -0.25) is 4.98 Å². The van der Waals surface area contributed by atoms with Gasteiger partial charge in [0.25, 0.3) is 0 Å². The van der Waals surface area contributed by atoms with E-state index in [9.17, 15) is 4.79 Å². The fourth-order valence-corrected chi connectivity index (χ4v) is 1.90. The second kappa shape index (κ2) is 6.39. The monoisotopic (exact) mass is 289 g/mol. The van der Waals surface area contributed by atoms with Gasteiger partial charge in [0.2, 0.25) is 0 Å². The van der Waals surface area contributed by atoms with Crippen LogP contribution in [0.5, 0.6) is 0 Å². The van der Waals surface area contributed by atoms with E-state index in [1.165, 1.54) is 18.0 Å². The minimum absolute atomic E-state index is 0.327. The number of nitrogens with zero attached hydrogens (tertiary/aromatic N) is 1. The molecule has 0 spiro atoms. The van der Waals surface area contributed by atoms with Crippen molar-refractivity contribution in [3.8, 4) is 0 Å². The van der Waals surface area contributed by atoms with Crippen LogP contribution >= 0.6 is 11.6 Å². The van der Waals surface area contributed by atoms with Crippen molar-refractivity contribution in [2.24, 2.45) is 0 Å². The van der Waals surface area contributed by atoms with Crippen LogP contribution in [0.2, 0.25) is 5.02 Å². The highest BCUT2D eigenvalue weighted by molar-refractivity contribution is 6.30. The molecule has 0 fully saturated rings. The molecule has 104 valence electrons. The molecule has 0 aliphatic rings. The Morgan fingerprint density at radius 1 is 1.10 bits per heavy atom. The van der Waals surface area contributed by atoms with Gasteiger partial charge in [-0.15, -0.1) is 0 Å². The highest BCUT2D eigenvalue weighted by atomic mass is 35.5. The fourth-order valence-electron chi connectivity index (χ4n) is 1.73. The maximum absolute atomic E-state index is 11.8. The van der Waals surface area contributed by atoms with E-state index in [0.29, 0.717) is 16.6 Å². The normalized spacial score (nSPS) is 10.4. The first-order chi connectivity index (χ1) is 9.54. The molecule has 2 aromatic rings. The summed E-state index contributed by atoms with van der Waals surface area (Å²) < 4.78 is 0. The minimum atomic E-state index is -0.327. The third kappa shape index (κ3) is 3.96. The molecule has 1 heterocycles. The van der Waals surface area contributed by atoms with Crippen LogP contribution < -0.4 is 10.6 Å². The second-order valence-corrected chi connectivity index (χ2v) is 5.18. The van der Waals surface area contributed by atoms with Gasteiger partial charge >= 0.3 is 6.03 Å². The molecular formula is C15H16ClN3O. The summed E-state index contributed by atoms with van der Waals surface area (Å²) in [5, 5.41) is 5.90. The number of nitrogens with one attached hydrogen (secondary N) is 2. The van der Waals surface area contributed by atoms with Gasteiger partial charge < -0.3 is 10.6 Å². The predicted octanol–water partition coefficient (Wildman–Crippen LogP) is 4.50. The first-order valence-electron chi connectivity index (χ1n) is 6.33. The van der Waals surface area contributed by atoms with E-state index in [2.05, 4.69) is 29.5 Å². The van der Waals surface area contributed by atoms with E-state index < -0.39 is 0 Å². The molecule has 0 aliphatic carbocycles. The van der Waals surface area contributed by atoms with Gasteiger partial charge in [-0.25, -0.2) is 4.79 Å². The summed E-state index contributed by atoms with van der Waals surface area (Å²) >= 11 is 5.80. The Balaban J connectivity index is 1.97. The molecule has 0 atom stereocenters. The van der Waals surface area contributed by atoms with Crippen molar-refractivity contribution in [3.63, 3.8) is 0 Å². The zero-order valence-corrected chi connectivity index (χ0v) is 12.1. The number of aromatic nitrogens is 1. The van der Waals surface area contributed by atoms with E-state index >= 15 is 0 Å². The van der Waals surface area contributed by atoms with Gasteiger partial charge in [-0.05, 0) is 29.7 Å². The molecule has 2 rings (SSSR count). The maximum atomic E-state index is 11.8. The van der Waals surface area contributed by atoms with Crippen LogP contribution in [-0.2, 0) is 0 Å². The first kappa shape index (κ1) is 14.3. The quantitative estimate of drug-likeness (QED) is 0.874. The summed E-state index contributed by atoms with van der Waals surface area (Å²) in [7, 11) is 0. The fraction of sp³-hybridized carbons (Fsp3) is 0.200. The Morgan fingerprint density at radius 3 is 2.35 bits per heavy atom. The van der Waals surface area contributed by atoms with Gasteiger partial charge in [0, 0.05) is 11.9 Å². The summed E-state index contributed by atoms with van der Waals surface area (Å²) in [6.07, 6.45) is 3.04. The molecule has 20 heavy (non-hydrogen) atoms. The van der Waals surface area contributed by atoms with Crippen LogP contribution in [0.3, 0.4) is 0 Å².